The smallest absolute Gasteiger partial charge is 0.387 e. The Bertz CT molecular complexity index is 568. The Kier molecular flexibility index (Phi) is 4.29. The molecular weight excluding hydrogens is 289 g/mol. The maximum absolute atomic E-state index is 12.4. The summed E-state index contributed by atoms with van der Waals surface area (Å²) in [5, 5.41) is 9.77. The Labute approximate surface area is 117 Å². The molecule has 106 valence electrons. The van der Waals surface area contributed by atoms with E-state index in [1.807, 2.05) is 0 Å². The van der Waals surface area contributed by atoms with Crippen molar-refractivity contribution in [3.8, 4) is 0 Å². The summed E-state index contributed by atoms with van der Waals surface area (Å²) < 4.78 is 37.2. The van der Waals surface area contributed by atoms with Gasteiger partial charge < -0.3 is 5.11 Å². The van der Waals surface area contributed by atoms with Crippen LogP contribution in [0.1, 0.15) is 24.3 Å². The summed E-state index contributed by atoms with van der Waals surface area (Å²) in [5.41, 5.74) is -0.237. The predicted molar refractivity (Wildman–Crippen MR) is 68.2 cm³/mol. The molecule has 0 aliphatic carbocycles. The molecule has 7 heteroatoms. The Balaban J connectivity index is 2.10. The summed E-state index contributed by atoms with van der Waals surface area (Å²) in [5.74, 6) is 0. The molecule has 0 fully saturated rings. The van der Waals surface area contributed by atoms with Crippen molar-refractivity contribution in [2.45, 2.75) is 29.1 Å². The molecule has 1 N–H and O–H groups in total. The van der Waals surface area contributed by atoms with Gasteiger partial charge in [0.05, 0.1) is 17.4 Å². The summed E-state index contributed by atoms with van der Waals surface area (Å²) in [7, 11) is 0. The van der Waals surface area contributed by atoms with Gasteiger partial charge in [-0.05, 0) is 31.2 Å². The molecule has 0 aromatic carbocycles. The van der Waals surface area contributed by atoms with Gasteiger partial charge in [0, 0.05) is 17.3 Å². The number of alkyl halides is 3. The zero-order valence-electron chi connectivity index (χ0n) is 10.4. The molecule has 2 heterocycles. The summed E-state index contributed by atoms with van der Waals surface area (Å²) in [6.07, 6.45) is -2.68. The Hall–Kier alpha value is -1.60. The van der Waals surface area contributed by atoms with Gasteiger partial charge in [-0.25, -0.2) is 4.98 Å². The third-order valence-corrected chi connectivity index (χ3v) is 3.40. The van der Waals surface area contributed by atoms with Crippen LogP contribution in [0.25, 0.3) is 0 Å². The molecule has 0 bridgehead atoms. The Morgan fingerprint density at radius 3 is 2.30 bits per heavy atom. The zero-order valence-corrected chi connectivity index (χ0v) is 11.2. The first-order chi connectivity index (χ1) is 9.36. The van der Waals surface area contributed by atoms with Crippen LogP contribution in [0.2, 0.25) is 0 Å². The average Bonchev–Trinajstić information content (AvgIpc) is 2.39. The molecule has 0 spiro atoms. The average molecular weight is 300 g/mol. The van der Waals surface area contributed by atoms with E-state index < -0.39 is 17.8 Å². The second-order valence-electron chi connectivity index (χ2n) is 4.08. The van der Waals surface area contributed by atoms with Crippen LogP contribution in [0.4, 0.5) is 13.2 Å². The normalized spacial score (nSPS) is 13.2. The molecule has 0 aliphatic rings. The van der Waals surface area contributed by atoms with Crippen molar-refractivity contribution in [2.75, 3.05) is 0 Å². The molecule has 2 aromatic heterocycles. The first-order valence-corrected chi connectivity index (χ1v) is 6.53. The second kappa shape index (κ2) is 5.80. The summed E-state index contributed by atoms with van der Waals surface area (Å²) in [6, 6.07) is 5.71. The molecular formula is C13H11F3N2OS. The van der Waals surface area contributed by atoms with Gasteiger partial charge in [-0.15, -0.1) is 0 Å². The molecule has 2 rings (SSSR count). The van der Waals surface area contributed by atoms with E-state index in [9.17, 15) is 18.3 Å². The monoisotopic (exact) mass is 300 g/mol. The van der Waals surface area contributed by atoms with E-state index in [0.717, 1.165) is 17.2 Å². The minimum absolute atomic E-state index is 0.449. The molecule has 3 nitrogen and oxygen atoms in total. The van der Waals surface area contributed by atoms with Crippen molar-refractivity contribution < 1.29 is 18.3 Å². The highest BCUT2D eigenvalue weighted by Crippen LogP contribution is 2.31. The lowest BCUT2D eigenvalue weighted by Crippen LogP contribution is -2.05. The number of aromatic nitrogens is 2. The van der Waals surface area contributed by atoms with Crippen LogP contribution in [0.5, 0.6) is 0 Å². The van der Waals surface area contributed by atoms with Crippen LogP contribution in [0.3, 0.4) is 0 Å². The molecule has 1 atom stereocenters. The standard InChI is InChI=1S/C13H11F3N2OS/c1-8(19)11-4-3-10(7-17-11)20-12-5-2-9(6-18-12)13(14,15)16/h2-8,19H,1H3/t8-/m0/s1. The van der Waals surface area contributed by atoms with Gasteiger partial charge in [-0.1, -0.05) is 11.8 Å². The number of hydrogen-bond donors (Lipinski definition) is 1. The van der Waals surface area contributed by atoms with E-state index in [4.69, 9.17) is 0 Å². The van der Waals surface area contributed by atoms with Gasteiger partial charge in [0.15, 0.2) is 0 Å². The van der Waals surface area contributed by atoms with Crippen molar-refractivity contribution in [2.24, 2.45) is 0 Å². The number of nitrogens with zero attached hydrogens (tertiary/aromatic N) is 2. The van der Waals surface area contributed by atoms with Crippen LogP contribution in [0, 0.1) is 0 Å². The number of hydrogen-bond acceptors (Lipinski definition) is 4. The number of aliphatic hydroxyl groups excluding tert-OH is 1. The van der Waals surface area contributed by atoms with Crippen LogP contribution in [-0.2, 0) is 6.18 Å². The van der Waals surface area contributed by atoms with Crippen LogP contribution >= 0.6 is 11.8 Å². The number of rotatable bonds is 3. The van der Waals surface area contributed by atoms with Crippen LogP contribution in [-0.4, -0.2) is 15.1 Å². The molecule has 20 heavy (non-hydrogen) atoms. The Morgan fingerprint density at radius 1 is 1.10 bits per heavy atom. The fourth-order valence-electron chi connectivity index (χ4n) is 1.43. The highest BCUT2D eigenvalue weighted by molar-refractivity contribution is 7.99. The molecule has 0 radical (unpaired) electrons. The van der Waals surface area contributed by atoms with Gasteiger partial charge in [-0.2, -0.15) is 13.2 Å². The highest BCUT2D eigenvalue weighted by Gasteiger charge is 2.30. The third kappa shape index (κ3) is 3.71. The number of pyridine rings is 2. The van der Waals surface area contributed by atoms with Gasteiger partial charge in [-0.3, -0.25) is 4.98 Å². The number of aliphatic hydroxyl groups is 1. The maximum Gasteiger partial charge on any atom is 0.417 e. The van der Waals surface area contributed by atoms with Crippen molar-refractivity contribution in [3.05, 3.63) is 47.9 Å². The third-order valence-electron chi connectivity index (χ3n) is 2.47. The van der Waals surface area contributed by atoms with Gasteiger partial charge >= 0.3 is 6.18 Å². The minimum Gasteiger partial charge on any atom is -0.387 e. The fourth-order valence-corrected chi connectivity index (χ4v) is 2.15. The van der Waals surface area contributed by atoms with E-state index in [1.165, 1.54) is 17.8 Å². The summed E-state index contributed by atoms with van der Waals surface area (Å²) in [6.45, 7) is 1.60. The van der Waals surface area contributed by atoms with E-state index in [2.05, 4.69) is 9.97 Å². The van der Waals surface area contributed by atoms with Gasteiger partial charge in [0.2, 0.25) is 0 Å². The van der Waals surface area contributed by atoms with E-state index >= 15 is 0 Å². The summed E-state index contributed by atoms with van der Waals surface area (Å²) >= 11 is 1.20. The Morgan fingerprint density at radius 2 is 1.85 bits per heavy atom. The van der Waals surface area contributed by atoms with Crippen molar-refractivity contribution in [3.63, 3.8) is 0 Å². The van der Waals surface area contributed by atoms with Crippen molar-refractivity contribution in [1.29, 1.82) is 0 Å². The first-order valence-electron chi connectivity index (χ1n) is 5.71. The first kappa shape index (κ1) is 14.8. The maximum atomic E-state index is 12.4. The van der Waals surface area contributed by atoms with Crippen molar-refractivity contribution >= 4 is 11.8 Å². The lowest BCUT2D eigenvalue weighted by atomic mass is 10.2. The lowest BCUT2D eigenvalue weighted by molar-refractivity contribution is -0.137. The van der Waals surface area contributed by atoms with Gasteiger partial charge in [0.25, 0.3) is 0 Å². The van der Waals surface area contributed by atoms with Crippen LogP contribution in [0.15, 0.2) is 46.6 Å². The molecule has 0 unspecified atom stereocenters. The van der Waals surface area contributed by atoms with E-state index in [0.29, 0.717) is 10.7 Å². The zero-order chi connectivity index (χ0) is 14.8. The molecule has 2 aromatic rings. The predicted octanol–water partition coefficient (Wildman–Crippen LogP) is 3.70. The topological polar surface area (TPSA) is 46.0 Å². The summed E-state index contributed by atoms with van der Waals surface area (Å²) in [4.78, 5) is 8.55. The fraction of sp³-hybridized carbons (Fsp3) is 0.231. The molecule has 0 saturated carbocycles. The lowest BCUT2D eigenvalue weighted by Gasteiger charge is -2.07. The van der Waals surface area contributed by atoms with Crippen molar-refractivity contribution in [1.82, 2.24) is 9.97 Å². The molecule has 0 saturated heterocycles. The second-order valence-corrected chi connectivity index (χ2v) is 5.17. The van der Waals surface area contributed by atoms with Crippen LogP contribution < -0.4 is 0 Å². The van der Waals surface area contributed by atoms with Gasteiger partial charge in [0.1, 0.15) is 5.03 Å². The number of halogens is 3. The SMILES string of the molecule is C[C@H](O)c1ccc(Sc2ccc(C(F)(F)F)cn2)cn1. The minimum atomic E-state index is -4.38. The molecule has 0 aliphatic heterocycles. The van der Waals surface area contributed by atoms with E-state index in [1.54, 1.807) is 25.3 Å². The van der Waals surface area contributed by atoms with E-state index in [-0.39, 0.29) is 0 Å². The molecule has 0 amide bonds. The quantitative estimate of drug-likeness (QED) is 0.939. The largest absolute Gasteiger partial charge is 0.417 e. The highest BCUT2D eigenvalue weighted by atomic mass is 32.2.